The summed E-state index contributed by atoms with van der Waals surface area (Å²) in [6, 6.07) is 0. The Morgan fingerprint density at radius 2 is 2.00 bits per heavy atom. The highest BCUT2D eigenvalue weighted by molar-refractivity contribution is 5.87. The molecule has 5 heteroatoms. The fourth-order valence-electron chi connectivity index (χ4n) is 1.84. The Labute approximate surface area is 94.9 Å². The molecule has 0 unspecified atom stereocenters. The summed E-state index contributed by atoms with van der Waals surface area (Å²) in [6.07, 6.45) is 0.835. The minimum Gasteiger partial charge on any atom is -0.371 e. The highest BCUT2D eigenvalue weighted by atomic mass is 15.3. The predicted molar refractivity (Wildman–Crippen MR) is 64.7 cm³/mol. The zero-order chi connectivity index (χ0) is 11.7. The van der Waals surface area contributed by atoms with Crippen molar-refractivity contribution in [1.82, 2.24) is 19.7 Å². The molecule has 5 nitrogen and oxygen atoms in total. The lowest BCUT2D eigenvalue weighted by molar-refractivity contribution is 0.676. The Hall–Kier alpha value is -1.65. The quantitative estimate of drug-likeness (QED) is 0.854. The van der Waals surface area contributed by atoms with Crippen molar-refractivity contribution in [1.29, 1.82) is 0 Å². The summed E-state index contributed by atoms with van der Waals surface area (Å²) < 4.78 is 1.94. The monoisotopic (exact) mass is 219 g/mol. The normalized spacial score (nSPS) is 11.0. The van der Waals surface area contributed by atoms with Crippen LogP contribution in [0.4, 0.5) is 5.82 Å². The second-order valence-corrected chi connectivity index (χ2v) is 3.69. The molecule has 0 aliphatic heterocycles. The predicted octanol–water partition coefficient (Wildman–Crippen LogP) is 1.76. The van der Waals surface area contributed by atoms with Crippen LogP contribution in [-0.2, 0) is 13.0 Å². The third-order valence-corrected chi connectivity index (χ3v) is 2.65. The molecule has 0 aliphatic carbocycles. The molecule has 0 amide bonds. The van der Waals surface area contributed by atoms with Gasteiger partial charge in [0.25, 0.3) is 0 Å². The van der Waals surface area contributed by atoms with Crippen LogP contribution in [0.5, 0.6) is 0 Å². The fraction of sp³-hybridized carbons (Fsp3) is 0.545. The topological polar surface area (TPSA) is 55.6 Å². The Bertz CT molecular complexity index is 515. The van der Waals surface area contributed by atoms with Crippen LogP contribution in [0.3, 0.4) is 0 Å². The molecule has 2 aromatic rings. The van der Waals surface area contributed by atoms with Gasteiger partial charge in [0.15, 0.2) is 5.82 Å². The number of aryl methyl sites for hydroxylation is 3. The first-order valence-corrected chi connectivity index (χ1v) is 5.63. The number of nitrogens with one attached hydrogen (secondary N) is 1. The zero-order valence-electron chi connectivity index (χ0n) is 10.2. The molecule has 0 saturated heterocycles. The molecule has 86 valence electrons. The third kappa shape index (κ3) is 1.52. The summed E-state index contributed by atoms with van der Waals surface area (Å²) in [5.74, 6) is 1.72. The van der Waals surface area contributed by atoms with E-state index in [9.17, 15) is 0 Å². The second-order valence-electron chi connectivity index (χ2n) is 3.69. The van der Waals surface area contributed by atoms with E-state index in [1.165, 1.54) is 0 Å². The third-order valence-electron chi connectivity index (χ3n) is 2.65. The molecule has 2 rings (SSSR count). The lowest BCUT2D eigenvalue weighted by atomic mass is 10.3. The van der Waals surface area contributed by atoms with E-state index < -0.39 is 0 Å². The van der Waals surface area contributed by atoms with E-state index in [0.717, 1.165) is 41.3 Å². The van der Waals surface area contributed by atoms with Crippen molar-refractivity contribution in [2.75, 3.05) is 12.4 Å². The molecule has 0 bridgehead atoms. The molecule has 0 aliphatic rings. The molecule has 16 heavy (non-hydrogen) atoms. The summed E-state index contributed by atoms with van der Waals surface area (Å²) in [7, 11) is 1.88. The summed E-state index contributed by atoms with van der Waals surface area (Å²) >= 11 is 0. The number of nitrogens with zero attached hydrogens (tertiary/aromatic N) is 4. The lowest BCUT2D eigenvalue weighted by Crippen LogP contribution is -2.04. The van der Waals surface area contributed by atoms with Gasteiger partial charge in [-0.3, -0.25) is 4.68 Å². The maximum atomic E-state index is 4.54. The van der Waals surface area contributed by atoms with E-state index in [-0.39, 0.29) is 0 Å². The van der Waals surface area contributed by atoms with Gasteiger partial charge >= 0.3 is 0 Å². The molecule has 2 aromatic heterocycles. The van der Waals surface area contributed by atoms with Gasteiger partial charge in [-0.05, 0) is 13.8 Å². The van der Waals surface area contributed by atoms with E-state index in [0.29, 0.717) is 0 Å². The largest absolute Gasteiger partial charge is 0.371 e. The summed E-state index contributed by atoms with van der Waals surface area (Å²) in [5.41, 5.74) is 2.92. The molecule has 2 heterocycles. The second kappa shape index (κ2) is 4.08. The van der Waals surface area contributed by atoms with E-state index in [1.807, 2.05) is 18.7 Å². The van der Waals surface area contributed by atoms with Crippen LogP contribution in [0.15, 0.2) is 0 Å². The lowest BCUT2D eigenvalue weighted by Gasteiger charge is -2.06. The smallest absolute Gasteiger partial charge is 0.155 e. The van der Waals surface area contributed by atoms with E-state index in [1.54, 1.807) is 0 Å². The van der Waals surface area contributed by atoms with Gasteiger partial charge in [0.05, 0.1) is 5.69 Å². The van der Waals surface area contributed by atoms with Crippen molar-refractivity contribution in [2.45, 2.75) is 33.7 Å². The van der Waals surface area contributed by atoms with Gasteiger partial charge in [-0.1, -0.05) is 6.92 Å². The van der Waals surface area contributed by atoms with Crippen LogP contribution in [-0.4, -0.2) is 26.8 Å². The maximum absolute atomic E-state index is 4.54. The van der Waals surface area contributed by atoms with Crippen LogP contribution in [0.1, 0.15) is 25.4 Å². The molecule has 0 saturated carbocycles. The van der Waals surface area contributed by atoms with Crippen LogP contribution in [0.25, 0.3) is 11.0 Å². The SMILES string of the molecule is CCc1nc(NC)c2c(n1)c(C)nn2CC. The highest BCUT2D eigenvalue weighted by Crippen LogP contribution is 2.22. The van der Waals surface area contributed by atoms with Crippen molar-refractivity contribution in [3.63, 3.8) is 0 Å². The Morgan fingerprint density at radius 1 is 1.25 bits per heavy atom. The molecular formula is C11H17N5. The number of fused-ring (bicyclic) bond motifs is 1. The molecule has 0 radical (unpaired) electrons. The molecule has 0 spiro atoms. The minimum atomic E-state index is 0.827. The molecule has 0 aromatic carbocycles. The summed E-state index contributed by atoms with van der Waals surface area (Å²) in [6.45, 7) is 6.94. The van der Waals surface area contributed by atoms with Crippen LogP contribution in [0, 0.1) is 6.92 Å². The number of hydrogen-bond donors (Lipinski definition) is 1. The Morgan fingerprint density at radius 3 is 2.56 bits per heavy atom. The zero-order valence-corrected chi connectivity index (χ0v) is 10.2. The van der Waals surface area contributed by atoms with Gasteiger partial charge in [-0.15, -0.1) is 0 Å². The van der Waals surface area contributed by atoms with Crippen molar-refractivity contribution in [3.05, 3.63) is 11.5 Å². The first-order valence-electron chi connectivity index (χ1n) is 5.63. The fourth-order valence-corrected chi connectivity index (χ4v) is 1.84. The van der Waals surface area contributed by atoms with Gasteiger partial charge in [0.1, 0.15) is 16.9 Å². The standard InChI is InChI=1S/C11H17N5/c1-5-8-13-9-7(3)15-16(6-2)10(9)11(12-4)14-8/h5-6H2,1-4H3,(H,12,13,14). The number of aromatic nitrogens is 4. The number of anilines is 1. The average Bonchev–Trinajstić information content (AvgIpc) is 2.65. The molecule has 0 atom stereocenters. The van der Waals surface area contributed by atoms with Gasteiger partial charge in [-0.25, -0.2) is 9.97 Å². The highest BCUT2D eigenvalue weighted by Gasteiger charge is 2.14. The summed E-state index contributed by atoms with van der Waals surface area (Å²) in [4.78, 5) is 9.01. The number of hydrogen-bond acceptors (Lipinski definition) is 4. The molecule has 0 fully saturated rings. The van der Waals surface area contributed by atoms with Crippen LogP contribution >= 0.6 is 0 Å². The van der Waals surface area contributed by atoms with Gasteiger partial charge in [-0.2, -0.15) is 5.10 Å². The van der Waals surface area contributed by atoms with E-state index in [4.69, 9.17) is 0 Å². The van der Waals surface area contributed by atoms with Crippen molar-refractivity contribution < 1.29 is 0 Å². The van der Waals surface area contributed by atoms with Crippen molar-refractivity contribution >= 4 is 16.9 Å². The maximum Gasteiger partial charge on any atom is 0.155 e. The first kappa shape index (κ1) is 10.9. The first-order chi connectivity index (χ1) is 7.71. The Kier molecular flexibility index (Phi) is 2.77. The number of rotatable bonds is 3. The minimum absolute atomic E-state index is 0.827. The molecular weight excluding hydrogens is 202 g/mol. The van der Waals surface area contributed by atoms with Crippen LogP contribution in [0.2, 0.25) is 0 Å². The van der Waals surface area contributed by atoms with Crippen LogP contribution < -0.4 is 5.32 Å². The van der Waals surface area contributed by atoms with E-state index in [2.05, 4.69) is 34.2 Å². The summed E-state index contributed by atoms with van der Waals surface area (Å²) in [5, 5.41) is 7.59. The van der Waals surface area contributed by atoms with Gasteiger partial charge in [0.2, 0.25) is 0 Å². The van der Waals surface area contributed by atoms with Gasteiger partial charge in [0, 0.05) is 20.0 Å². The van der Waals surface area contributed by atoms with Gasteiger partial charge < -0.3 is 5.32 Å². The Balaban J connectivity index is 2.80. The average molecular weight is 219 g/mol. The van der Waals surface area contributed by atoms with E-state index >= 15 is 0 Å². The van der Waals surface area contributed by atoms with Crippen molar-refractivity contribution in [2.24, 2.45) is 0 Å². The van der Waals surface area contributed by atoms with Crippen molar-refractivity contribution in [3.8, 4) is 0 Å². The molecule has 1 N–H and O–H groups in total.